The van der Waals surface area contributed by atoms with Crippen LogP contribution in [0, 0.1) is 11.8 Å². The molecule has 0 bridgehead atoms. The highest BCUT2D eigenvalue weighted by atomic mass is 32.1. The average molecular weight is 784 g/mol. The van der Waals surface area contributed by atoms with Crippen LogP contribution in [0.4, 0.5) is 0 Å². The van der Waals surface area contributed by atoms with Crippen molar-refractivity contribution in [3.05, 3.63) is 78.0 Å². The van der Waals surface area contributed by atoms with Crippen LogP contribution < -0.4 is 16.4 Å². The third kappa shape index (κ3) is 12.7. The van der Waals surface area contributed by atoms with Crippen molar-refractivity contribution in [3.8, 4) is 0 Å². The molecule has 1 aromatic heterocycles. The van der Waals surface area contributed by atoms with E-state index in [9.17, 15) is 24.3 Å². The number of β-amino-alcohol motifs (C(OH)–C–C–N with tert-alkyl or cyclic N) is 1. The Labute approximate surface area is 329 Å². The summed E-state index contributed by atoms with van der Waals surface area (Å²) in [6.07, 6.45) is 4.27. The molecule has 10 nitrogen and oxygen atoms in total. The molecule has 3 amide bonds. The molecular formula is C35H53N5O5S5. The number of aliphatic hydroxyl groups is 1. The highest BCUT2D eigenvalue weighted by Gasteiger charge is 2.40. The number of nitrogens with one attached hydrogen (secondary N) is 2. The van der Waals surface area contributed by atoms with Crippen molar-refractivity contribution in [1.29, 1.82) is 0 Å². The molecule has 50 heavy (non-hydrogen) atoms. The Bertz CT molecular complexity index is 1540. The number of hydrogen-bond donors (Lipinski definition) is 4. The Morgan fingerprint density at radius 2 is 1.52 bits per heavy atom. The summed E-state index contributed by atoms with van der Waals surface area (Å²) in [6, 6.07) is 17.8. The zero-order valence-electron chi connectivity index (χ0n) is 28.2. The number of aliphatic hydroxyl groups excluding tert-OH is 1. The Hall–Kier alpha value is -2.40. The van der Waals surface area contributed by atoms with E-state index < -0.39 is 42.3 Å². The molecule has 2 heterocycles. The van der Waals surface area contributed by atoms with Crippen molar-refractivity contribution in [2.24, 2.45) is 17.6 Å². The first kappa shape index (κ1) is 47.6. The lowest BCUT2D eigenvalue weighted by Gasteiger charge is -2.46. The number of fused-ring (bicyclic) bond motifs is 2. The number of pyridine rings is 1. The summed E-state index contributed by atoms with van der Waals surface area (Å²) >= 11 is 0. The second-order valence-electron chi connectivity index (χ2n) is 12.6. The number of Topliss-reactive ketones (excluding diaryl/α,β-unsaturated/α-hetero) is 1. The van der Waals surface area contributed by atoms with Crippen molar-refractivity contribution < 1.29 is 24.3 Å². The Kier molecular flexibility index (Phi) is 21.4. The van der Waals surface area contributed by atoms with Gasteiger partial charge < -0.3 is 21.5 Å². The second-order valence-corrected chi connectivity index (χ2v) is 12.6. The molecular weight excluding hydrogens is 731 g/mol. The highest BCUT2D eigenvalue weighted by molar-refractivity contribution is 7.60. The van der Waals surface area contributed by atoms with Crippen LogP contribution in [0.25, 0.3) is 10.9 Å². The zero-order chi connectivity index (χ0) is 31.9. The SMILES string of the molecule is CC(=O)C1CC2CCCCC2CN1CC(O)C(Cc1ccccc1)NC(=O)[C@H](CC(N)=O)NC(=O)c1ccc2ccccc2n1.S.S.S.S.S. The van der Waals surface area contributed by atoms with E-state index in [0.29, 0.717) is 23.8 Å². The van der Waals surface area contributed by atoms with Gasteiger partial charge in [-0.3, -0.25) is 24.1 Å². The van der Waals surface area contributed by atoms with Crippen molar-refractivity contribution in [1.82, 2.24) is 20.5 Å². The van der Waals surface area contributed by atoms with Crippen LogP contribution in [0.5, 0.6) is 0 Å². The predicted molar refractivity (Wildman–Crippen MR) is 223 cm³/mol. The number of piperidine rings is 1. The van der Waals surface area contributed by atoms with E-state index in [1.807, 2.05) is 48.5 Å². The van der Waals surface area contributed by atoms with Crippen LogP contribution in [0.15, 0.2) is 66.7 Å². The van der Waals surface area contributed by atoms with Gasteiger partial charge in [0.2, 0.25) is 11.8 Å². The van der Waals surface area contributed by atoms with Crippen LogP contribution in [-0.4, -0.2) is 75.8 Å². The minimum atomic E-state index is -1.28. The summed E-state index contributed by atoms with van der Waals surface area (Å²) in [7, 11) is 0. The van der Waals surface area contributed by atoms with E-state index in [-0.39, 0.29) is 91.5 Å². The van der Waals surface area contributed by atoms with Gasteiger partial charge >= 0.3 is 0 Å². The zero-order valence-corrected chi connectivity index (χ0v) is 33.2. The number of para-hydroxylation sites is 1. The third-order valence-corrected chi connectivity index (χ3v) is 9.34. The van der Waals surface area contributed by atoms with Gasteiger partial charge in [-0.1, -0.05) is 73.9 Å². The van der Waals surface area contributed by atoms with Gasteiger partial charge in [0.05, 0.1) is 30.1 Å². The lowest BCUT2D eigenvalue weighted by atomic mass is 9.72. The summed E-state index contributed by atoms with van der Waals surface area (Å²) in [5.41, 5.74) is 7.09. The fourth-order valence-corrected chi connectivity index (χ4v) is 6.96. The van der Waals surface area contributed by atoms with E-state index in [0.717, 1.165) is 36.8 Å². The lowest BCUT2D eigenvalue weighted by Crippen LogP contribution is -2.58. The largest absolute Gasteiger partial charge is 0.390 e. The van der Waals surface area contributed by atoms with Gasteiger partial charge in [-0.05, 0) is 55.7 Å². The molecule has 1 aliphatic carbocycles. The Morgan fingerprint density at radius 1 is 0.880 bits per heavy atom. The predicted octanol–water partition coefficient (Wildman–Crippen LogP) is 3.33. The van der Waals surface area contributed by atoms with Gasteiger partial charge in [0.1, 0.15) is 17.5 Å². The van der Waals surface area contributed by atoms with Crippen LogP contribution >= 0.6 is 67.5 Å². The van der Waals surface area contributed by atoms with Crippen LogP contribution in [-0.2, 0) is 20.8 Å². The van der Waals surface area contributed by atoms with E-state index in [2.05, 4.69) is 20.5 Å². The Balaban J connectivity index is 0.00000480. The molecule has 3 aromatic rings. The molecule has 1 saturated heterocycles. The van der Waals surface area contributed by atoms with E-state index in [1.54, 1.807) is 25.1 Å². The molecule has 2 aliphatic rings. The second kappa shape index (κ2) is 22.5. The molecule has 2 fully saturated rings. The number of likely N-dealkylation sites (tertiary alicyclic amines) is 1. The van der Waals surface area contributed by atoms with E-state index in [4.69, 9.17) is 5.73 Å². The van der Waals surface area contributed by atoms with Gasteiger partial charge in [0.25, 0.3) is 5.91 Å². The highest BCUT2D eigenvalue weighted by Crippen LogP contribution is 2.39. The van der Waals surface area contributed by atoms with Gasteiger partial charge in [-0.25, -0.2) is 4.98 Å². The standard InChI is InChI=1S/C35H43N5O5.5H2S/c1-22(41)31-18-25-12-5-6-13-26(25)20-40(31)21-32(42)29(17-23-9-3-2-4-10-23)38-35(45)30(19-33(36)43)39-34(44)28-16-15-24-11-7-8-14-27(24)37-28;;;;;/h2-4,7-11,14-16,25-26,29-32,42H,5-6,12-13,17-21H2,1H3,(H2,36,43)(H,38,45)(H,39,44);5*1H2/t25?,26?,29?,30-,31?,32?;;;;;/m0...../s1. The van der Waals surface area contributed by atoms with Gasteiger partial charge in [-0.15, -0.1) is 0 Å². The first-order valence-electron chi connectivity index (χ1n) is 15.9. The number of amides is 3. The molecule has 5 rings (SSSR count). The van der Waals surface area contributed by atoms with E-state index >= 15 is 0 Å². The average Bonchev–Trinajstić information content (AvgIpc) is 3.03. The number of carbonyl (C=O) groups excluding carboxylic acids is 4. The first-order valence-corrected chi connectivity index (χ1v) is 15.9. The van der Waals surface area contributed by atoms with Gasteiger partial charge in [-0.2, -0.15) is 67.5 Å². The summed E-state index contributed by atoms with van der Waals surface area (Å²) in [5, 5.41) is 18.0. The maximum absolute atomic E-state index is 13.7. The molecule has 1 aliphatic heterocycles. The minimum Gasteiger partial charge on any atom is -0.390 e. The van der Waals surface area contributed by atoms with Crippen molar-refractivity contribution in [2.75, 3.05) is 13.1 Å². The number of benzene rings is 2. The maximum Gasteiger partial charge on any atom is 0.270 e. The molecule has 5 unspecified atom stereocenters. The number of hydrogen-bond acceptors (Lipinski definition) is 7. The molecule has 6 atom stereocenters. The third-order valence-electron chi connectivity index (χ3n) is 9.34. The monoisotopic (exact) mass is 783 g/mol. The number of aromatic nitrogens is 1. The van der Waals surface area contributed by atoms with Crippen LogP contribution in [0.3, 0.4) is 0 Å². The number of carbonyl (C=O) groups is 4. The smallest absolute Gasteiger partial charge is 0.270 e. The van der Waals surface area contributed by atoms with Crippen LogP contribution in [0.1, 0.15) is 61.5 Å². The molecule has 15 heteroatoms. The number of nitrogens with two attached hydrogens (primary N) is 1. The summed E-state index contributed by atoms with van der Waals surface area (Å²) in [5.74, 6) is -0.930. The summed E-state index contributed by atoms with van der Waals surface area (Å²) < 4.78 is 0. The topological polar surface area (TPSA) is 155 Å². The molecule has 5 N–H and O–H groups in total. The lowest BCUT2D eigenvalue weighted by molar-refractivity contribution is -0.129. The first-order chi connectivity index (χ1) is 21.7. The van der Waals surface area contributed by atoms with Gasteiger partial charge in [0, 0.05) is 18.5 Å². The van der Waals surface area contributed by atoms with Crippen molar-refractivity contribution >= 4 is 102 Å². The van der Waals surface area contributed by atoms with Crippen LogP contribution in [0.2, 0.25) is 0 Å². The normalized spacial score (nSPS) is 19.8. The van der Waals surface area contributed by atoms with Crippen molar-refractivity contribution in [3.63, 3.8) is 0 Å². The molecule has 0 radical (unpaired) electrons. The quantitative estimate of drug-likeness (QED) is 0.220. The summed E-state index contributed by atoms with van der Waals surface area (Å²) in [4.78, 5) is 58.0. The fourth-order valence-electron chi connectivity index (χ4n) is 6.96. The number of primary amides is 1. The molecule has 0 spiro atoms. The number of rotatable bonds is 12. The molecule has 278 valence electrons. The van der Waals surface area contributed by atoms with Gasteiger partial charge in [0.15, 0.2) is 0 Å². The number of ketones is 1. The summed E-state index contributed by atoms with van der Waals surface area (Å²) in [6.45, 7) is 2.55. The molecule has 2 aromatic carbocycles. The number of nitrogens with zero attached hydrogens (tertiary/aromatic N) is 2. The minimum absolute atomic E-state index is 0. The Morgan fingerprint density at radius 3 is 2.18 bits per heavy atom. The van der Waals surface area contributed by atoms with E-state index in [1.165, 1.54) is 12.8 Å². The fraction of sp³-hybridized carbons (Fsp3) is 0.457. The van der Waals surface area contributed by atoms with Crippen molar-refractivity contribution in [2.45, 2.75) is 76.1 Å². The molecule has 1 saturated carbocycles. The maximum atomic E-state index is 13.7.